The molecule has 0 N–H and O–H groups in total. The standard InChI is InChI=1S/C21H17ClO/c1-21(2,23-20-11-9-19(22)10-12-20)14-13-16-7-8-17-5-3-4-6-18(17)15-16/h3-12,15H,1-2H3. The van der Waals surface area contributed by atoms with Crippen LogP contribution in [0, 0.1) is 11.8 Å². The number of halogens is 1. The van der Waals surface area contributed by atoms with Crippen molar-refractivity contribution in [1.29, 1.82) is 0 Å². The van der Waals surface area contributed by atoms with E-state index in [9.17, 15) is 0 Å². The Hall–Kier alpha value is -2.43. The van der Waals surface area contributed by atoms with E-state index < -0.39 is 5.60 Å². The number of ether oxygens (including phenoxy) is 1. The zero-order valence-corrected chi connectivity index (χ0v) is 13.9. The first-order chi connectivity index (χ1) is 11.0. The minimum Gasteiger partial charge on any atom is -0.475 e. The summed E-state index contributed by atoms with van der Waals surface area (Å²) in [5, 5.41) is 3.10. The van der Waals surface area contributed by atoms with Crippen LogP contribution < -0.4 is 4.74 Å². The second kappa shape index (κ2) is 6.36. The van der Waals surface area contributed by atoms with Gasteiger partial charge in [-0.2, -0.15) is 0 Å². The molecule has 0 fully saturated rings. The van der Waals surface area contributed by atoms with E-state index in [0.717, 1.165) is 11.3 Å². The fraction of sp³-hybridized carbons (Fsp3) is 0.143. The second-order valence-corrected chi connectivity index (χ2v) is 6.31. The van der Waals surface area contributed by atoms with Gasteiger partial charge in [0.2, 0.25) is 0 Å². The molecule has 0 spiro atoms. The summed E-state index contributed by atoms with van der Waals surface area (Å²) in [5.41, 5.74) is 0.399. The van der Waals surface area contributed by atoms with Crippen LogP contribution in [-0.4, -0.2) is 5.60 Å². The van der Waals surface area contributed by atoms with Gasteiger partial charge in [-0.1, -0.05) is 53.8 Å². The summed E-state index contributed by atoms with van der Waals surface area (Å²) >= 11 is 5.89. The van der Waals surface area contributed by atoms with Crippen LogP contribution in [0.4, 0.5) is 0 Å². The van der Waals surface area contributed by atoms with Crippen molar-refractivity contribution in [1.82, 2.24) is 0 Å². The third kappa shape index (κ3) is 4.06. The first kappa shape index (κ1) is 15.5. The molecule has 0 saturated carbocycles. The van der Waals surface area contributed by atoms with Gasteiger partial charge < -0.3 is 4.74 Å². The lowest BCUT2D eigenvalue weighted by atomic mass is 10.1. The molecule has 0 heterocycles. The lowest BCUT2D eigenvalue weighted by molar-refractivity contribution is 0.172. The predicted octanol–water partition coefficient (Wildman–Crippen LogP) is 5.70. The van der Waals surface area contributed by atoms with Crippen LogP contribution in [0.1, 0.15) is 19.4 Å². The van der Waals surface area contributed by atoms with E-state index in [1.54, 1.807) is 0 Å². The van der Waals surface area contributed by atoms with Gasteiger partial charge in [-0.3, -0.25) is 0 Å². The van der Waals surface area contributed by atoms with Gasteiger partial charge in [0.1, 0.15) is 5.75 Å². The molecule has 2 heteroatoms. The average Bonchev–Trinajstić information content (AvgIpc) is 2.55. The van der Waals surface area contributed by atoms with E-state index in [1.807, 2.05) is 56.3 Å². The molecule has 0 bridgehead atoms. The average molecular weight is 321 g/mol. The Morgan fingerprint density at radius 2 is 1.57 bits per heavy atom. The number of hydrogen-bond donors (Lipinski definition) is 0. The van der Waals surface area contributed by atoms with E-state index in [0.29, 0.717) is 5.02 Å². The summed E-state index contributed by atoms with van der Waals surface area (Å²) in [7, 11) is 0. The predicted molar refractivity (Wildman–Crippen MR) is 97.0 cm³/mol. The van der Waals surface area contributed by atoms with Crippen molar-refractivity contribution in [2.24, 2.45) is 0 Å². The SMILES string of the molecule is CC(C)(C#Cc1ccc2ccccc2c1)Oc1ccc(Cl)cc1. The highest BCUT2D eigenvalue weighted by molar-refractivity contribution is 6.30. The van der Waals surface area contributed by atoms with E-state index in [1.165, 1.54) is 10.8 Å². The van der Waals surface area contributed by atoms with E-state index in [4.69, 9.17) is 16.3 Å². The lowest BCUT2D eigenvalue weighted by Crippen LogP contribution is -2.25. The van der Waals surface area contributed by atoms with Crippen molar-refractivity contribution in [3.8, 4) is 17.6 Å². The van der Waals surface area contributed by atoms with Crippen molar-refractivity contribution >= 4 is 22.4 Å². The molecule has 0 radical (unpaired) electrons. The summed E-state index contributed by atoms with van der Waals surface area (Å²) in [6.45, 7) is 3.91. The Morgan fingerprint density at radius 1 is 0.870 bits per heavy atom. The van der Waals surface area contributed by atoms with Crippen molar-refractivity contribution < 1.29 is 4.74 Å². The molecular formula is C21H17ClO. The van der Waals surface area contributed by atoms with E-state index >= 15 is 0 Å². The van der Waals surface area contributed by atoms with Crippen LogP contribution in [0.3, 0.4) is 0 Å². The molecule has 0 atom stereocenters. The van der Waals surface area contributed by atoms with Crippen LogP contribution in [0.15, 0.2) is 66.7 Å². The first-order valence-electron chi connectivity index (χ1n) is 7.48. The van der Waals surface area contributed by atoms with E-state index in [-0.39, 0.29) is 0 Å². The van der Waals surface area contributed by atoms with Crippen molar-refractivity contribution in [3.05, 3.63) is 77.3 Å². The zero-order valence-electron chi connectivity index (χ0n) is 13.1. The lowest BCUT2D eigenvalue weighted by Gasteiger charge is -2.20. The molecule has 3 aromatic carbocycles. The summed E-state index contributed by atoms with van der Waals surface area (Å²) < 4.78 is 5.93. The van der Waals surface area contributed by atoms with Gasteiger partial charge in [-0.05, 0) is 61.0 Å². The van der Waals surface area contributed by atoms with E-state index in [2.05, 4.69) is 36.1 Å². The Bertz CT molecular complexity index is 883. The fourth-order valence-corrected chi connectivity index (χ4v) is 2.44. The van der Waals surface area contributed by atoms with Crippen LogP contribution in [0.2, 0.25) is 5.02 Å². The number of rotatable bonds is 2. The Kier molecular flexibility index (Phi) is 4.28. The summed E-state index contributed by atoms with van der Waals surface area (Å²) in [5.74, 6) is 7.16. The van der Waals surface area contributed by atoms with Gasteiger partial charge in [0, 0.05) is 10.6 Å². The number of benzene rings is 3. The molecule has 0 aliphatic carbocycles. The molecule has 0 aromatic heterocycles. The molecule has 0 aliphatic heterocycles. The van der Waals surface area contributed by atoms with Crippen molar-refractivity contribution in [3.63, 3.8) is 0 Å². The molecule has 0 aliphatic rings. The number of fused-ring (bicyclic) bond motifs is 1. The van der Waals surface area contributed by atoms with Gasteiger partial charge in [-0.25, -0.2) is 0 Å². The Labute approximate surface area is 141 Å². The fourth-order valence-electron chi connectivity index (χ4n) is 2.31. The maximum atomic E-state index is 5.93. The van der Waals surface area contributed by atoms with Gasteiger partial charge in [-0.15, -0.1) is 0 Å². The van der Waals surface area contributed by atoms with Crippen molar-refractivity contribution in [2.45, 2.75) is 19.4 Å². The van der Waals surface area contributed by atoms with Crippen LogP contribution >= 0.6 is 11.6 Å². The highest BCUT2D eigenvalue weighted by Crippen LogP contribution is 2.21. The largest absolute Gasteiger partial charge is 0.475 e. The quantitative estimate of drug-likeness (QED) is 0.550. The van der Waals surface area contributed by atoms with Crippen LogP contribution in [-0.2, 0) is 0 Å². The number of hydrogen-bond acceptors (Lipinski definition) is 1. The maximum Gasteiger partial charge on any atom is 0.164 e. The van der Waals surface area contributed by atoms with Crippen molar-refractivity contribution in [2.75, 3.05) is 0 Å². The van der Waals surface area contributed by atoms with Crippen LogP contribution in [0.5, 0.6) is 5.75 Å². The monoisotopic (exact) mass is 320 g/mol. The molecule has 23 heavy (non-hydrogen) atoms. The Morgan fingerprint density at radius 3 is 2.30 bits per heavy atom. The van der Waals surface area contributed by atoms with Gasteiger partial charge in [0.05, 0.1) is 0 Å². The summed E-state index contributed by atoms with van der Waals surface area (Å²) in [6, 6.07) is 21.8. The topological polar surface area (TPSA) is 9.23 Å². The molecule has 3 aromatic rings. The third-order valence-electron chi connectivity index (χ3n) is 3.44. The second-order valence-electron chi connectivity index (χ2n) is 5.88. The zero-order chi connectivity index (χ0) is 16.3. The normalized spacial score (nSPS) is 10.9. The molecule has 0 unspecified atom stereocenters. The molecule has 3 rings (SSSR count). The van der Waals surface area contributed by atoms with Gasteiger partial charge in [0.25, 0.3) is 0 Å². The van der Waals surface area contributed by atoms with Gasteiger partial charge >= 0.3 is 0 Å². The smallest absolute Gasteiger partial charge is 0.164 e. The third-order valence-corrected chi connectivity index (χ3v) is 3.70. The minimum atomic E-state index is -0.584. The first-order valence-corrected chi connectivity index (χ1v) is 7.86. The van der Waals surface area contributed by atoms with Crippen LogP contribution in [0.25, 0.3) is 10.8 Å². The van der Waals surface area contributed by atoms with Gasteiger partial charge in [0.15, 0.2) is 5.60 Å². The Balaban J connectivity index is 1.81. The minimum absolute atomic E-state index is 0.584. The molecule has 0 saturated heterocycles. The maximum absolute atomic E-state index is 5.93. The highest BCUT2D eigenvalue weighted by atomic mass is 35.5. The molecule has 1 nitrogen and oxygen atoms in total. The summed E-state index contributed by atoms with van der Waals surface area (Å²) in [6.07, 6.45) is 0. The molecule has 0 amide bonds. The summed E-state index contributed by atoms with van der Waals surface area (Å²) in [4.78, 5) is 0. The highest BCUT2D eigenvalue weighted by Gasteiger charge is 2.16. The molecular weight excluding hydrogens is 304 g/mol. The molecule has 114 valence electrons.